The number of nitrogens with one attached hydrogen (secondary N) is 1. The van der Waals surface area contributed by atoms with Gasteiger partial charge >= 0.3 is 0 Å². The summed E-state index contributed by atoms with van der Waals surface area (Å²) in [7, 11) is 0. The van der Waals surface area contributed by atoms with E-state index in [0.29, 0.717) is 30.0 Å². The molecule has 1 saturated heterocycles. The van der Waals surface area contributed by atoms with E-state index in [1.54, 1.807) is 48.5 Å². The van der Waals surface area contributed by atoms with Crippen LogP contribution in [-0.4, -0.2) is 17.7 Å². The van der Waals surface area contributed by atoms with E-state index in [1.807, 2.05) is 44.2 Å². The largest absolute Gasteiger partial charge is 0.457 e. The number of carbonyl (C=O) groups is 3. The van der Waals surface area contributed by atoms with E-state index in [1.165, 1.54) is 4.90 Å². The fraction of sp³-hybridized carbons (Fsp3) is 0.207. The van der Waals surface area contributed by atoms with Gasteiger partial charge in [-0.25, -0.2) is 4.90 Å². The van der Waals surface area contributed by atoms with Crippen molar-refractivity contribution in [2.45, 2.75) is 26.7 Å². The van der Waals surface area contributed by atoms with E-state index in [9.17, 15) is 14.4 Å². The van der Waals surface area contributed by atoms with E-state index in [-0.39, 0.29) is 29.2 Å². The number of aryl methyl sites for hydroxylation is 1. The summed E-state index contributed by atoms with van der Waals surface area (Å²) in [5, 5.41) is 2.87. The van der Waals surface area contributed by atoms with Crippen molar-refractivity contribution >= 4 is 29.1 Å². The molecule has 6 heteroatoms. The molecule has 1 N–H and O–H groups in total. The molecule has 1 heterocycles. The number of anilines is 2. The van der Waals surface area contributed by atoms with Crippen molar-refractivity contribution in [3.05, 3.63) is 95.6 Å². The molecule has 1 fully saturated rings. The molecule has 6 nitrogen and oxygen atoms in total. The van der Waals surface area contributed by atoms with Gasteiger partial charge in [-0.05, 0) is 80.8 Å². The Balaban J connectivity index is 1.33. The van der Waals surface area contributed by atoms with E-state index >= 15 is 0 Å². The zero-order valence-corrected chi connectivity index (χ0v) is 19.7. The Hall–Kier alpha value is -4.19. The van der Waals surface area contributed by atoms with Crippen molar-refractivity contribution in [3.63, 3.8) is 0 Å². The quantitative estimate of drug-likeness (QED) is 0.376. The van der Waals surface area contributed by atoms with Crippen LogP contribution in [0.15, 0.2) is 84.4 Å². The smallest absolute Gasteiger partial charge is 0.257 e. The molecular formula is C29H26N2O4. The van der Waals surface area contributed by atoms with Gasteiger partial charge in [0.2, 0.25) is 11.8 Å². The average molecular weight is 467 g/mol. The summed E-state index contributed by atoms with van der Waals surface area (Å²) >= 11 is 0. The number of amides is 3. The Morgan fingerprint density at radius 1 is 0.886 bits per heavy atom. The molecule has 3 aromatic rings. The zero-order valence-electron chi connectivity index (χ0n) is 19.7. The maximum absolute atomic E-state index is 13.2. The number of nitrogens with zero attached hydrogens (tertiary/aromatic N) is 1. The topological polar surface area (TPSA) is 75.7 Å². The van der Waals surface area contributed by atoms with Crippen LogP contribution in [-0.2, 0) is 9.59 Å². The molecule has 1 aliphatic carbocycles. The summed E-state index contributed by atoms with van der Waals surface area (Å²) in [4.78, 5) is 40.7. The number of imide groups is 1. The van der Waals surface area contributed by atoms with E-state index < -0.39 is 5.91 Å². The van der Waals surface area contributed by atoms with Crippen LogP contribution in [0.1, 0.15) is 35.7 Å². The van der Waals surface area contributed by atoms with E-state index in [0.717, 1.165) is 16.9 Å². The van der Waals surface area contributed by atoms with Crippen LogP contribution >= 0.6 is 0 Å². The molecule has 1 aliphatic heterocycles. The highest BCUT2D eigenvalue weighted by molar-refractivity contribution is 6.25. The van der Waals surface area contributed by atoms with Crippen LogP contribution in [0.4, 0.5) is 11.4 Å². The van der Waals surface area contributed by atoms with Gasteiger partial charge in [-0.1, -0.05) is 35.9 Å². The molecule has 5 rings (SSSR count). The number of carbonyl (C=O) groups excluding carboxylic acids is 3. The normalized spacial score (nSPS) is 19.3. The molecule has 0 aromatic heterocycles. The monoisotopic (exact) mass is 466 g/mol. The first-order valence-corrected chi connectivity index (χ1v) is 11.7. The van der Waals surface area contributed by atoms with Crippen LogP contribution in [0.2, 0.25) is 0 Å². The number of rotatable bonds is 5. The molecule has 0 saturated carbocycles. The fourth-order valence-electron chi connectivity index (χ4n) is 4.76. The lowest BCUT2D eigenvalue weighted by atomic mass is 9.82. The molecule has 35 heavy (non-hydrogen) atoms. The first-order valence-electron chi connectivity index (χ1n) is 11.7. The zero-order chi connectivity index (χ0) is 24.5. The third-order valence-electron chi connectivity index (χ3n) is 6.55. The second-order valence-corrected chi connectivity index (χ2v) is 9.13. The van der Waals surface area contributed by atoms with Gasteiger partial charge in [-0.2, -0.15) is 0 Å². The van der Waals surface area contributed by atoms with Crippen LogP contribution in [0, 0.1) is 18.8 Å². The Bertz CT molecular complexity index is 1340. The van der Waals surface area contributed by atoms with Gasteiger partial charge in [0, 0.05) is 5.69 Å². The Morgan fingerprint density at radius 2 is 1.63 bits per heavy atom. The Morgan fingerprint density at radius 3 is 2.40 bits per heavy atom. The number of ether oxygens (including phenoxy) is 1. The first kappa shape index (κ1) is 22.6. The SMILES string of the molecule is CC1=CC[C@H]2C(=O)N(c3ccccc3C(=O)Nc3ccc(Oc4cccc(C)c4)cc3)C(=O)[C@@H]2C1. The Labute approximate surface area is 204 Å². The number of fused-ring (bicyclic) bond motifs is 1. The minimum Gasteiger partial charge on any atom is -0.457 e. The summed E-state index contributed by atoms with van der Waals surface area (Å²) in [6.45, 7) is 3.98. The predicted molar refractivity (Wildman–Crippen MR) is 135 cm³/mol. The highest BCUT2D eigenvalue weighted by Gasteiger charge is 2.49. The summed E-state index contributed by atoms with van der Waals surface area (Å²) in [5.41, 5.74) is 3.40. The number of hydrogen-bond donors (Lipinski definition) is 1. The molecule has 176 valence electrons. The molecule has 0 radical (unpaired) electrons. The van der Waals surface area contributed by atoms with Gasteiger partial charge in [0.05, 0.1) is 23.1 Å². The molecule has 3 amide bonds. The van der Waals surface area contributed by atoms with Gasteiger partial charge in [0.15, 0.2) is 0 Å². The summed E-state index contributed by atoms with van der Waals surface area (Å²) in [6, 6.07) is 21.5. The van der Waals surface area contributed by atoms with Crippen molar-refractivity contribution in [2.24, 2.45) is 11.8 Å². The summed E-state index contributed by atoms with van der Waals surface area (Å²) < 4.78 is 5.87. The van der Waals surface area contributed by atoms with Gasteiger partial charge in [0.1, 0.15) is 11.5 Å². The van der Waals surface area contributed by atoms with Gasteiger partial charge in [-0.15, -0.1) is 0 Å². The average Bonchev–Trinajstić information content (AvgIpc) is 3.09. The molecule has 0 unspecified atom stereocenters. The lowest BCUT2D eigenvalue weighted by molar-refractivity contribution is -0.122. The lowest BCUT2D eigenvalue weighted by Gasteiger charge is -2.19. The predicted octanol–water partition coefficient (Wildman–Crippen LogP) is 5.89. The maximum atomic E-state index is 13.2. The van der Waals surface area contributed by atoms with Crippen molar-refractivity contribution in [2.75, 3.05) is 10.2 Å². The number of allylic oxidation sites excluding steroid dienone is 2. The number of para-hydroxylation sites is 1. The van der Waals surface area contributed by atoms with E-state index in [2.05, 4.69) is 5.32 Å². The minimum atomic E-state index is -0.391. The second-order valence-electron chi connectivity index (χ2n) is 9.13. The maximum Gasteiger partial charge on any atom is 0.257 e. The summed E-state index contributed by atoms with van der Waals surface area (Å²) in [6.07, 6.45) is 3.17. The van der Waals surface area contributed by atoms with Crippen LogP contribution in [0.5, 0.6) is 11.5 Å². The van der Waals surface area contributed by atoms with E-state index in [4.69, 9.17) is 4.74 Å². The van der Waals surface area contributed by atoms with Gasteiger partial charge < -0.3 is 10.1 Å². The standard InChI is InChI=1S/C29H26N2O4/c1-18-6-5-7-22(16-18)35-21-13-11-20(12-14-21)30-27(32)24-8-3-4-9-26(24)31-28(33)23-15-10-19(2)17-25(23)29(31)34/h3-14,16,23,25H,15,17H2,1-2H3,(H,30,32)/t23-,25-/m1/s1. The van der Waals surface area contributed by atoms with Crippen LogP contribution in [0.3, 0.4) is 0 Å². The molecule has 0 spiro atoms. The molecule has 3 aromatic carbocycles. The Kier molecular flexibility index (Phi) is 5.95. The third-order valence-corrected chi connectivity index (χ3v) is 6.55. The third kappa shape index (κ3) is 4.47. The fourth-order valence-corrected chi connectivity index (χ4v) is 4.76. The van der Waals surface area contributed by atoms with Gasteiger partial charge in [0.25, 0.3) is 5.91 Å². The lowest BCUT2D eigenvalue weighted by Crippen LogP contribution is -2.33. The number of hydrogen-bond acceptors (Lipinski definition) is 4. The first-order chi connectivity index (χ1) is 16.9. The highest BCUT2D eigenvalue weighted by Crippen LogP contribution is 2.40. The summed E-state index contributed by atoms with van der Waals surface area (Å²) in [5.74, 6) is -0.187. The minimum absolute atomic E-state index is 0.231. The molecule has 2 atom stereocenters. The molecular weight excluding hydrogens is 440 g/mol. The molecule has 2 aliphatic rings. The van der Waals surface area contributed by atoms with Crippen LogP contribution < -0.4 is 15.0 Å². The second kappa shape index (κ2) is 9.22. The van der Waals surface area contributed by atoms with Crippen molar-refractivity contribution in [1.82, 2.24) is 0 Å². The van der Waals surface area contributed by atoms with Crippen molar-refractivity contribution < 1.29 is 19.1 Å². The number of benzene rings is 3. The van der Waals surface area contributed by atoms with Crippen LogP contribution in [0.25, 0.3) is 0 Å². The van der Waals surface area contributed by atoms with Crippen molar-refractivity contribution in [1.29, 1.82) is 0 Å². The van der Waals surface area contributed by atoms with Gasteiger partial charge in [-0.3, -0.25) is 14.4 Å². The molecule has 0 bridgehead atoms. The highest BCUT2D eigenvalue weighted by atomic mass is 16.5. The van der Waals surface area contributed by atoms with Crippen molar-refractivity contribution in [3.8, 4) is 11.5 Å².